The van der Waals surface area contributed by atoms with Crippen LogP contribution in [-0.4, -0.2) is 64.2 Å². The molecule has 2 saturated heterocycles. The lowest BCUT2D eigenvalue weighted by Crippen LogP contribution is -2.62. The van der Waals surface area contributed by atoms with Crippen LogP contribution in [0.5, 0.6) is 0 Å². The first-order valence-corrected chi connectivity index (χ1v) is 14.8. The van der Waals surface area contributed by atoms with Gasteiger partial charge in [-0.1, -0.05) is 78.9 Å². The van der Waals surface area contributed by atoms with Crippen LogP contribution in [0, 0.1) is 0 Å². The highest BCUT2D eigenvalue weighted by Crippen LogP contribution is 2.22. The van der Waals surface area contributed by atoms with Gasteiger partial charge in [-0.3, -0.25) is 19.2 Å². The second-order valence-electron chi connectivity index (χ2n) is 11.3. The summed E-state index contributed by atoms with van der Waals surface area (Å²) in [5.74, 6) is -1.56. The van der Waals surface area contributed by atoms with Crippen molar-refractivity contribution in [1.82, 2.24) is 25.8 Å². The Kier molecular flexibility index (Phi) is 8.22. The molecule has 4 atom stereocenters. The molecule has 220 valence electrons. The maximum Gasteiger partial charge on any atom is 0.246 e. The molecule has 0 bridgehead atoms. The van der Waals surface area contributed by atoms with Crippen LogP contribution in [0.1, 0.15) is 29.5 Å². The first-order chi connectivity index (χ1) is 21.0. The molecule has 0 radical (unpaired) electrons. The summed E-state index contributed by atoms with van der Waals surface area (Å²) in [5.41, 5.74) is 3.53. The van der Waals surface area contributed by atoms with Crippen LogP contribution in [0.2, 0.25) is 0 Å². The Morgan fingerprint density at radius 1 is 0.628 bits per heavy atom. The van der Waals surface area contributed by atoms with Crippen molar-refractivity contribution in [2.24, 2.45) is 0 Å². The van der Waals surface area contributed by atoms with Crippen LogP contribution in [-0.2, 0) is 38.4 Å². The standard InChI is InChI=1S/C34H35N5O4/c40-31-27(18-22-10-3-1-4-11-22)37-33(42)30-16-9-17-39(30)34(43)29(19-23-12-5-2-6-13-23)38-32(41)28(36-31)20-24-21-35-26-15-8-7-14-25(24)26/h1-8,10-15,21,27-30,35H,9,16-20H2,(H,36,40)(H,37,42)(H,38,41)/t27?,28-,29?,30?/m1/s1. The monoisotopic (exact) mass is 577 g/mol. The van der Waals surface area contributed by atoms with Gasteiger partial charge in [0.05, 0.1) is 0 Å². The Hall–Kier alpha value is -4.92. The summed E-state index contributed by atoms with van der Waals surface area (Å²) >= 11 is 0. The van der Waals surface area contributed by atoms with Crippen molar-refractivity contribution in [3.8, 4) is 0 Å². The molecule has 2 aliphatic heterocycles. The van der Waals surface area contributed by atoms with Gasteiger partial charge in [-0.15, -0.1) is 0 Å². The third-order valence-electron chi connectivity index (χ3n) is 8.38. The van der Waals surface area contributed by atoms with Gasteiger partial charge in [0.25, 0.3) is 0 Å². The predicted octanol–water partition coefficient (Wildman–Crippen LogP) is 2.65. The zero-order chi connectivity index (χ0) is 29.8. The highest BCUT2D eigenvalue weighted by Gasteiger charge is 2.40. The van der Waals surface area contributed by atoms with Gasteiger partial charge in [0, 0.05) is 42.9 Å². The molecule has 2 fully saturated rings. The number of carbonyl (C=O) groups excluding carboxylic acids is 4. The largest absolute Gasteiger partial charge is 0.361 e. The zero-order valence-corrected chi connectivity index (χ0v) is 23.8. The normalized spacial score (nSPS) is 23.1. The van der Waals surface area contributed by atoms with E-state index in [2.05, 4.69) is 20.9 Å². The van der Waals surface area contributed by atoms with Crippen LogP contribution >= 0.6 is 0 Å². The van der Waals surface area contributed by atoms with E-state index in [9.17, 15) is 19.2 Å². The Labute approximate surface area is 250 Å². The SMILES string of the molecule is O=C1N[C@H](Cc2c[nH]c3ccccc23)C(=O)NC(Cc2ccccc2)C(=O)N2CCCC2C(=O)NC1Cc1ccccc1. The summed E-state index contributed by atoms with van der Waals surface area (Å²) < 4.78 is 0. The number of carbonyl (C=O) groups is 4. The molecule has 0 aliphatic carbocycles. The number of hydrogen-bond acceptors (Lipinski definition) is 4. The molecular formula is C34H35N5O4. The number of para-hydroxylation sites is 1. The fraction of sp³-hybridized carbons (Fsp3) is 0.294. The van der Waals surface area contributed by atoms with Gasteiger partial charge >= 0.3 is 0 Å². The van der Waals surface area contributed by atoms with Crippen molar-refractivity contribution >= 4 is 34.5 Å². The maximum absolute atomic E-state index is 14.0. The minimum absolute atomic E-state index is 0.201. The van der Waals surface area contributed by atoms with Crippen LogP contribution in [0.3, 0.4) is 0 Å². The number of benzene rings is 3. The van der Waals surface area contributed by atoms with Crippen LogP contribution in [0.15, 0.2) is 91.1 Å². The lowest BCUT2D eigenvalue weighted by molar-refractivity contribution is -0.143. The fourth-order valence-corrected chi connectivity index (χ4v) is 6.15. The summed E-state index contributed by atoms with van der Waals surface area (Å²) in [5, 5.41) is 9.78. The lowest BCUT2D eigenvalue weighted by atomic mass is 9.99. The quantitative estimate of drug-likeness (QED) is 0.281. The third-order valence-corrected chi connectivity index (χ3v) is 8.38. The van der Waals surface area contributed by atoms with Crippen molar-refractivity contribution in [2.45, 2.75) is 56.3 Å². The molecule has 9 nitrogen and oxygen atoms in total. The summed E-state index contributed by atoms with van der Waals surface area (Å²) in [7, 11) is 0. The smallest absolute Gasteiger partial charge is 0.246 e. The number of amides is 4. The minimum atomic E-state index is -0.984. The van der Waals surface area contributed by atoms with E-state index in [4.69, 9.17) is 0 Å². The number of nitrogens with zero attached hydrogens (tertiary/aromatic N) is 1. The first-order valence-electron chi connectivity index (χ1n) is 14.8. The maximum atomic E-state index is 14.0. The Bertz CT molecular complexity index is 1620. The second-order valence-corrected chi connectivity index (χ2v) is 11.3. The molecule has 6 rings (SSSR count). The molecule has 4 N–H and O–H groups in total. The van der Waals surface area contributed by atoms with Gasteiger partial charge in [0.2, 0.25) is 23.6 Å². The van der Waals surface area contributed by atoms with E-state index in [1.165, 1.54) is 0 Å². The van der Waals surface area contributed by atoms with E-state index in [0.717, 1.165) is 27.6 Å². The number of rotatable bonds is 6. The molecule has 43 heavy (non-hydrogen) atoms. The molecule has 0 spiro atoms. The first kappa shape index (κ1) is 28.2. The average Bonchev–Trinajstić information content (AvgIpc) is 3.68. The average molecular weight is 578 g/mol. The van der Waals surface area contributed by atoms with Crippen molar-refractivity contribution in [2.75, 3.05) is 6.54 Å². The minimum Gasteiger partial charge on any atom is -0.361 e. The lowest BCUT2D eigenvalue weighted by Gasteiger charge is -2.32. The molecule has 2 aliphatic rings. The number of H-pyrrole nitrogens is 1. The molecule has 0 saturated carbocycles. The fourth-order valence-electron chi connectivity index (χ4n) is 6.15. The summed E-state index contributed by atoms with van der Waals surface area (Å²) in [6.07, 6.45) is 3.70. The third kappa shape index (κ3) is 6.30. The van der Waals surface area contributed by atoms with Gasteiger partial charge in [-0.25, -0.2) is 0 Å². The van der Waals surface area contributed by atoms with Crippen LogP contribution in [0.25, 0.3) is 10.9 Å². The van der Waals surface area contributed by atoms with Gasteiger partial charge in [0.15, 0.2) is 0 Å². The van der Waals surface area contributed by atoms with Crippen LogP contribution in [0.4, 0.5) is 0 Å². The topological polar surface area (TPSA) is 123 Å². The van der Waals surface area contributed by atoms with Crippen LogP contribution < -0.4 is 16.0 Å². The molecule has 3 heterocycles. The molecule has 3 unspecified atom stereocenters. The van der Waals surface area contributed by atoms with E-state index < -0.39 is 36.0 Å². The summed E-state index contributed by atoms with van der Waals surface area (Å²) in [4.78, 5) is 60.3. The van der Waals surface area contributed by atoms with Gasteiger partial charge in [0.1, 0.15) is 24.2 Å². The number of fused-ring (bicyclic) bond motifs is 2. The number of nitrogens with one attached hydrogen (secondary N) is 4. The Balaban J connectivity index is 1.36. The molecule has 9 heteroatoms. The van der Waals surface area contributed by atoms with Crippen molar-refractivity contribution in [3.05, 3.63) is 108 Å². The summed E-state index contributed by atoms with van der Waals surface area (Å²) in [6, 6.07) is 23.1. The Morgan fingerprint density at radius 3 is 1.88 bits per heavy atom. The van der Waals surface area contributed by atoms with E-state index in [0.29, 0.717) is 19.4 Å². The molecule has 4 aromatic rings. The van der Waals surface area contributed by atoms with Gasteiger partial charge in [-0.2, -0.15) is 0 Å². The molecule has 1 aromatic heterocycles. The van der Waals surface area contributed by atoms with E-state index in [-0.39, 0.29) is 31.1 Å². The van der Waals surface area contributed by atoms with E-state index in [1.54, 1.807) is 4.90 Å². The van der Waals surface area contributed by atoms with Gasteiger partial charge < -0.3 is 25.8 Å². The predicted molar refractivity (Wildman–Crippen MR) is 163 cm³/mol. The molecular weight excluding hydrogens is 542 g/mol. The highest BCUT2D eigenvalue weighted by molar-refractivity contribution is 5.98. The van der Waals surface area contributed by atoms with E-state index >= 15 is 0 Å². The van der Waals surface area contributed by atoms with Crippen molar-refractivity contribution in [1.29, 1.82) is 0 Å². The number of aromatic nitrogens is 1. The molecule has 4 amide bonds. The molecule has 3 aromatic carbocycles. The van der Waals surface area contributed by atoms with Crippen molar-refractivity contribution < 1.29 is 19.2 Å². The summed E-state index contributed by atoms with van der Waals surface area (Å²) in [6.45, 7) is 0.409. The van der Waals surface area contributed by atoms with E-state index in [1.807, 2.05) is 91.1 Å². The van der Waals surface area contributed by atoms with Gasteiger partial charge in [-0.05, 0) is 35.6 Å². The zero-order valence-electron chi connectivity index (χ0n) is 23.8. The van der Waals surface area contributed by atoms with Crippen molar-refractivity contribution in [3.63, 3.8) is 0 Å². The number of hydrogen-bond donors (Lipinski definition) is 4. The Morgan fingerprint density at radius 2 is 1.19 bits per heavy atom. The highest BCUT2D eigenvalue weighted by atomic mass is 16.2. The second kappa shape index (κ2) is 12.5. The number of aromatic amines is 1.